The lowest BCUT2D eigenvalue weighted by atomic mass is 9.62. The van der Waals surface area contributed by atoms with Gasteiger partial charge in [0.15, 0.2) is 5.82 Å². The van der Waals surface area contributed by atoms with Crippen LogP contribution in [0.4, 0.5) is 4.39 Å². The maximum absolute atomic E-state index is 14.3. The predicted molar refractivity (Wildman–Crippen MR) is 105 cm³/mol. The van der Waals surface area contributed by atoms with Gasteiger partial charge < -0.3 is 9.64 Å². The quantitative estimate of drug-likeness (QED) is 0.623. The molecule has 6 rings (SSSR count). The molecule has 3 fully saturated rings. The van der Waals surface area contributed by atoms with Crippen LogP contribution >= 0.6 is 0 Å². The fourth-order valence-electron chi connectivity index (χ4n) is 4.64. The van der Waals surface area contributed by atoms with Gasteiger partial charge in [0, 0.05) is 49.6 Å². The molecule has 150 valence electrons. The third kappa shape index (κ3) is 2.99. The second-order valence-corrected chi connectivity index (χ2v) is 7.96. The first kappa shape index (κ1) is 17.9. The average Bonchev–Trinajstić information content (AvgIpc) is 3.33. The number of halogens is 1. The molecule has 1 amide bonds. The Labute approximate surface area is 167 Å². The molecule has 3 atom stereocenters. The molecule has 5 heterocycles. The molecule has 8 heteroatoms. The molecule has 2 aliphatic heterocycles. The molecule has 0 aromatic carbocycles. The van der Waals surface area contributed by atoms with Crippen LogP contribution < -0.4 is 4.74 Å². The van der Waals surface area contributed by atoms with Gasteiger partial charge in [-0.15, -0.1) is 0 Å². The average molecular weight is 395 g/mol. The van der Waals surface area contributed by atoms with Gasteiger partial charge in [-0.3, -0.25) is 9.48 Å². The van der Waals surface area contributed by atoms with E-state index in [1.807, 2.05) is 24.2 Å². The van der Waals surface area contributed by atoms with Crippen molar-refractivity contribution in [2.75, 3.05) is 19.7 Å². The van der Waals surface area contributed by atoms with Gasteiger partial charge in [0.25, 0.3) is 0 Å². The number of rotatable bonds is 5. The molecule has 0 spiro atoms. The van der Waals surface area contributed by atoms with Gasteiger partial charge in [-0.25, -0.2) is 8.91 Å². The maximum Gasteiger partial charge on any atom is 0.245 e. The number of amides is 1. The number of nitrogens with zero attached hydrogens (tertiary/aromatic N) is 5. The number of hydrogen-bond donors (Lipinski definition) is 0. The largest absolute Gasteiger partial charge is 0.491 e. The standard InChI is InChI=1S/C21H22FN5O2/c1-3-20(28)26-9-14-4-15(10-26)17(14)12-29-19-5-13(16-6-23-25(2)8-16)11-27-21(19)18(22)7-24-27/h3,5-8,11,14-15,17H,1,4,9-10,12H2,2H3/t14-,15+,17-. The minimum atomic E-state index is -0.408. The minimum absolute atomic E-state index is 0.00807. The Morgan fingerprint density at radius 1 is 1.28 bits per heavy atom. The number of aromatic nitrogens is 4. The predicted octanol–water partition coefficient (Wildman–Crippen LogP) is 2.53. The Morgan fingerprint density at radius 2 is 2.07 bits per heavy atom. The zero-order valence-electron chi connectivity index (χ0n) is 16.2. The summed E-state index contributed by atoms with van der Waals surface area (Å²) in [6.07, 6.45) is 9.12. The first-order chi connectivity index (χ1) is 14.0. The molecule has 7 nitrogen and oxygen atoms in total. The molecule has 3 aromatic rings. The molecule has 3 aliphatic rings. The molecule has 29 heavy (non-hydrogen) atoms. The highest BCUT2D eigenvalue weighted by molar-refractivity contribution is 5.87. The van der Waals surface area contributed by atoms with Gasteiger partial charge in [0.2, 0.25) is 5.91 Å². The molecule has 3 aromatic heterocycles. The number of piperidine rings is 2. The lowest BCUT2D eigenvalue weighted by Gasteiger charge is -2.53. The molecular formula is C21H22FN5O2. The highest BCUT2D eigenvalue weighted by atomic mass is 19.1. The van der Waals surface area contributed by atoms with E-state index in [-0.39, 0.29) is 5.91 Å². The summed E-state index contributed by atoms with van der Waals surface area (Å²) in [5.41, 5.74) is 2.11. The maximum atomic E-state index is 14.3. The van der Waals surface area contributed by atoms with Crippen LogP contribution in [0.1, 0.15) is 6.42 Å². The SMILES string of the molecule is C=CC(=O)N1C[C@H]2C[C@@H](C1)[C@@H]2COc1cc(-c2cnn(C)c2)cn2ncc(F)c12. The second kappa shape index (κ2) is 6.72. The topological polar surface area (TPSA) is 64.7 Å². The van der Waals surface area contributed by atoms with Gasteiger partial charge in [-0.1, -0.05) is 6.58 Å². The van der Waals surface area contributed by atoms with Gasteiger partial charge >= 0.3 is 0 Å². The van der Waals surface area contributed by atoms with Crippen molar-refractivity contribution in [3.05, 3.63) is 49.3 Å². The molecule has 2 saturated heterocycles. The zero-order chi connectivity index (χ0) is 20.1. The summed E-state index contributed by atoms with van der Waals surface area (Å²) >= 11 is 0. The molecule has 0 N–H and O–H groups in total. The normalized spacial score (nSPS) is 23.1. The van der Waals surface area contributed by atoms with Crippen molar-refractivity contribution >= 4 is 11.4 Å². The van der Waals surface area contributed by atoms with E-state index in [4.69, 9.17) is 4.74 Å². The number of hydrogen-bond acceptors (Lipinski definition) is 4. The van der Waals surface area contributed by atoms with E-state index in [1.165, 1.54) is 16.8 Å². The summed E-state index contributed by atoms with van der Waals surface area (Å²) < 4.78 is 23.7. The van der Waals surface area contributed by atoms with Crippen molar-refractivity contribution in [1.82, 2.24) is 24.3 Å². The monoisotopic (exact) mass is 395 g/mol. The summed E-state index contributed by atoms with van der Waals surface area (Å²) in [6.45, 7) is 5.55. The van der Waals surface area contributed by atoms with E-state index in [9.17, 15) is 9.18 Å². The summed E-state index contributed by atoms with van der Waals surface area (Å²) in [5.74, 6) is 1.28. The van der Waals surface area contributed by atoms with E-state index in [2.05, 4.69) is 16.8 Å². The smallest absolute Gasteiger partial charge is 0.245 e. The van der Waals surface area contributed by atoms with Crippen LogP contribution in [0.5, 0.6) is 5.75 Å². The van der Waals surface area contributed by atoms with Crippen LogP contribution in [0.15, 0.2) is 43.5 Å². The Morgan fingerprint density at radius 3 is 2.76 bits per heavy atom. The Kier molecular flexibility index (Phi) is 4.15. The summed E-state index contributed by atoms with van der Waals surface area (Å²) in [4.78, 5) is 13.7. The van der Waals surface area contributed by atoms with E-state index in [1.54, 1.807) is 17.1 Å². The zero-order valence-corrected chi connectivity index (χ0v) is 16.2. The lowest BCUT2D eigenvalue weighted by Crippen LogP contribution is -2.57. The Hall–Kier alpha value is -3.16. The van der Waals surface area contributed by atoms with Crippen molar-refractivity contribution in [3.8, 4) is 16.9 Å². The molecule has 0 unspecified atom stereocenters. The third-order valence-electron chi connectivity index (χ3n) is 6.21. The first-order valence-electron chi connectivity index (χ1n) is 9.73. The van der Waals surface area contributed by atoms with E-state index >= 15 is 0 Å². The Bertz CT molecular complexity index is 1090. The highest BCUT2D eigenvalue weighted by Gasteiger charge is 2.47. The first-order valence-corrected chi connectivity index (χ1v) is 9.73. The van der Waals surface area contributed by atoms with Crippen LogP contribution in [-0.2, 0) is 11.8 Å². The van der Waals surface area contributed by atoms with Crippen molar-refractivity contribution in [2.45, 2.75) is 6.42 Å². The fourth-order valence-corrected chi connectivity index (χ4v) is 4.64. The number of aryl methyl sites for hydroxylation is 1. The van der Waals surface area contributed by atoms with E-state index in [0.29, 0.717) is 35.6 Å². The molecular weight excluding hydrogens is 373 g/mol. The third-order valence-corrected chi connectivity index (χ3v) is 6.21. The van der Waals surface area contributed by atoms with Gasteiger partial charge in [-0.2, -0.15) is 10.2 Å². The van der Waals surface area contributed by atoms with Crippen LogP contribution in [0.2, 0.25) is 0 Å². The van der Waals surface area contributed by atoms with Gasteiger partial charge in [-0.05, 0) is 30.4 Å². The van der Waals surface area contributed by atoms with Crippen molar-refractivity contribution in [3.63, 3.8) is 0 Å². The number of carbonyl (C=O) groups is 1. The lowest BCUT2D eigenvalue weighted by molar-refractivity contribution is -0.138. The number of carbonyl (C=O) groups excluding carboxylic acids is 1. The molecule has 1 saturated carbocycles. The number of pyridine rings is 1. The van der Waals surface area contributed by atoms with Crippen molar-refractivity contribution < 1.29 is 13.9 Å². The van der Waals surface area contributed by atoms with Crippen LogP contribution in [0.25, 0.3) is 16.6 Å². The van der Waals surface area contributed by atoms with Crippen LogP contribution in [0, 0.1) is 23.6 Å². The van der Waals surface area contributed by atoms with Crippen LogP contribution in [-0.4, -0.2) is 49.9 Å². The van der Waals surface area contributed by atoms with Gasteiger partial charge in [0.05, 0.1) is 19.0 Å². The van der Waals surface area contributed by atoms with E-state index in [0.717, 1.165) is 30.6 Å². The Balaban J connectivity index is 1.37. The number of fused-ring (bicyclic) bond motifs is 3. The number of ether oxygens (including phenoxy) is 1. The summed E-state index contributed by atoms with van der Waals surface area (Å²) in [6, 6.07) is 1.85. The fraction of sp³-hybridized carbons (Fsp3) is 0.381. The summed E-state index contributed by atoms with van der Waals surface area (Å²) in [7, 11) is 1.85. The van der Waals surface area contributed by atoms with Crippen molar-refractivity contribution in [2.24, 2.45) is 24.8 Å². The van der Waals surface area contributed by atoms with E-state index < -0.39 is 5.82 Å². The second-order valence-electron chi connectivity index (χ2n) is 7.96. The minimum Gasteiger partial charge on any atom is -0.491 e. The highest BCUT2D eigenvalue weighted by Crippen LogP contribution is 2.46. The van der Waals surface area contributed by atoms with Gasteiger partial charge in [0.1, 0.15) is 11.3 Å². The summed E-state index contributed by atoms with van der Waals surface area (Å²) in [5, 5.41) is 8.31. The van der Waals surface area contributed by atoms with Crippen LogP contribution in [0.3, 0.4) is 0 Å². The molecule has 2 bridgehead atoms. The molecule has 0 radical (unpaired) electrons. The molecule has 1 aliphatic carbocycles. The van der Waals surface area contributed by atoms with Crippen molar-refractivity contribution in [1.29, 1.82) is 0 Å².